The molecule has 1 fully saturated rings. The van der Waals surface area contributed by atoms with Crippen LogP contribution < -0.4 is 11.1 Å². The van der Waals surface area contributed by atoms with Crippen molar-refractivity contribution < 1.29 is 4.79 Å². The highest BCUT2D eigenvalue weighted by atomic mass is 35.5. The number of nitrogens with one attached hydrogen (secondary N) is 1. The zero-order chi connectivity index (χ0) is 14.8. The van der Waals surface area contributed by atoms with Gasteiger partial charge in [0.1, 0.15) is 0 Å². The number of amides is 1. The Morgan fingerprint density at radius 3 is 2.86 bits per heavy atom. The lowest BCUT2D eigenvalue weighted by Crippen LogP contribution is -2.34. The predicted molar refractivity (Wildman–Crippen MR) is 93.5 cm³/mol. The van der Waals surface area contributed by atoms with E-state index in [9.17, 15) is 4.79 Å². The number of nitrogens with two attached hydrogens (primary N) is 1. The van der Waals surface area contributed by atoms with Crippen LogP contribution >= 0.6 is 23.7 Å². The summed E-state index contributed by atoms with van der Waals surface area (Å²) in [5.74, 6) is -0.0261. The number of thiazole rings is 1. The highest BCUT2D eigenvalue weighted by Gasteiger charge is 2.30. The van der Waals surface area contributed by atoms with Crippen molar-refractivity contribution in [2.24, 2.45) is 11.7 Å². The summed E-state index contributed by atoms with van der Waals surface area (Å²) in [6, 6.07) is 7.81. The summed E-state index contributed by atoms with van der Waals surface area (Å²) in [5, 5.41) is 6.06. The monoisotopic (exact) mass is 337 g/mol. The molecule has 3 rings (SSSR count). The molecule has 0 aliphatic heterocycles. The summed E-state index contributed by atoms with van der Waals surface area (Å²) in [6.07, 6.45) is 2.87. The van der Waals surface area contributed by atoms with Gasteiger partial charge >= 0.3 is 0 Å². The number of hydrogen-bond acceptors (Lipinski definition) is 4. The van der Waals surface area contributed by atoms with E-state index in [0.717, 1.165) is 41.2 Å². The van der Waals surface area contributed by atoms with Gasteiger partial charge in [-0.15, -0.1) is 23.7 Å². The van der Waals surface area contributed by atoms with Crippen LogP contribution in [0.25, 0.3) is 11.3 Å². The van der Waals surface area contributed by atoms with Gasteiger partial charge in [0, 0.05) is 22.7 Å². The van der Waals surface area contributed by atoms with Crippen molar-refractivity contribution in [1.82, 2.24) is 4.98 Å². The Kier molecular flexibility index (Phi) is 5.56. The van der Waals surface area contributed by atoms with Gasteiger partial charge in [-0.25, -0.2) is 4.98 Å². The summed E-state index contributed by atoms with van der Waals surface area (Å²) in [6.45, 7) is 1.99. The number of aromatic nitrogens is 1. The molecule has 0 bridgehead atoms. The van der Waals surface area contributed by atoms with Crippen molar-refractivity contribution in [2.45, 2.75) is 32.2 Å². The molecule has 4 nitrogen and oxygen atoms in total. The Hall–Kier alpha value is -1.43. The molecular weight excluding hydrogens is 318 g/mol. The van der Waals surface area contributed by atoms with Crippen molar-refractivity contribution in [3.05, 3.63) is 34.7 Å². The van der Waals surface area contributed by atoms with Gasteiger partial charge < -0.3 is 11.1 Å². The lowest BCUT2D eigenvalue weighted by Gasteiger charge is -2.15. The Labute approximate surface area is 140 Å². The van der Waals surface area contributed by atoms with E-state index in [4.69, 9.17) is 5.73 Å². The largest absolute Gasteiger partial charge is 0.327 e. The number of carbonyl (C=O) groups excluding carboxylic acids is 1. The molecule has 1 aromatic heterocycles. The lowest BCUT2D eigenvalue weighted by molar-refractivity contribution is -0.120. The van der Waals surface area contributed by atoms with E-state index in [0.29, 0.717) is 0 Å². The summed E-state index contributed by atoms with van der Waals surface area (Å²) in [7, 11) is 0. The van der Waals surface area contributed by atoms with Crippen molar-refractivity contribution in [1.29, 1.82) is 0 Å². The third kappa shape index (κ3) is 3.66. The highest BCUT2D eigenvalue weighted by Crippen LogP contribution is 2.27. The quantitative estimate of drug-likeness (QED) is 0.899. The molecule has 0 radical (unpaired) electrons. The molecule has 1 heterocycles. The molecule has 1 saturated carbocycles. The minimum Gasteiger partial charge on any atom is -0.327 e. The average molecular weight is 338 g/mol. The number of nitrogens with zero attached hydrogens (tertiary/aromatic N) is 1. The maximum Gasteiger partial charge on any atom is 0.229 e. The molecule has 1 aliphatic carbocycles. The zero-order valence-corrected chi connectivity index (χ0v) is 14.0. The van der Waals surface area contributed by atoms with Crippen LogP contribution in [0.2, 0.25) is 0 Å². The van der Waals surface area contributed by atoms with Crippen molar-refractivity contribution >= 4 is 35.3 Å². The van der Waals surface area contributed by atoms with Crippen LogP contribution in [-0.2, 0) is 4.79 Å². The maximum atomic E-state index is 12.3. The molecule has 22 heavy (non-hydrogen) atoms. The SMILES string of the molecule is Cc1nc(-c2cccc(NC(=O)C3CCCC3N)c2)cs1.Cl. The van der Waals surface area contributed by atoms with Gasteiger partial charge in [0.25, 0.3) is 0 Å². The van der Waals surface area contributed by atoms with E-state index < -0.39 is 0 Å². The Morgan fingerprint density at radius 1 is 1.41 bits per heavy atom. The molecule has 2 unspecified atom stereocenters. The number of aryl methyl sites for hydroxylation is 1. The van der Waals surface area contributed by atoms with E-state index >= 15 is 0 Å². The zero-order valence-electron chi connectivity index (χ0n) is 12.4. The minimum atomic E-state index is -0.0600. The molecule has 1 amide bonds. The number of rotatable bonds is 3. The van der Waals surface area contributed by atoms with Gasteiger partial charge in [-0.3, -0.25) is 4.79 Å². The van der Waals surface area contributed by atoms with Crippen LogP contribution in [0.1, 0.15) is 24.3 Å². The van der Waals surface area contributed by atoms with E-state index in [1.54, 1.807) is 11.3 Å². The minimum absolute atomic E-state index is 0. The summed E-state index contributed by atoms with van der Waals surface area (Å²) < 4.78 is 0. The lowest BCUT2D eigenvalue weighted by atomic mass is 10.0. The smallest absolute Gasteiger partial charge is 0.229 e. The van der Waals surface area contributed by atoms with Gasteiger partial charge in [-0.1, -0.05) is 18.6 Å². The van der Waals surface area contributed by atoms with E-state index in [2.05, 4.69) is 10.3 Å². The first kappa shape index (κ1) is 16.9. The molecule has 118 valence electrons. The second-order valence-electron chi connectivity index (χ2n) is 5.52. The molecule has 0 spiro atoms. The molecule has 2 aromatic rings. The molecule has 1 aromatic carbocycles. The first-order chi connectivity index (χ1) is 10.1. The van der Waals surface area contributed by atoms with Crippen LogP contribution in [0.15, 0.2) is 29.6 Å². The Morgan fingerprint density at radius 2 is 2.23 bits per heavy atom. The van der Waals surface area contributed by atoms with Crippen LogP contribution in [0.4, 0.5) is 5.69 Å². The number of anilines is 1. The first-order valence-electron chi connectivity index (χ1n) is 7.22. The standard InChI is InChI=1S/C16H19N3OS.ClH/c1-10-18-15(9-21-10)11-4-2-5-12(8-11)19-16(20)13-6-3-7-14(13)17;/h2,4-5,8-9,13-14H,3,6-7,17H2,1H3,(H,19,20);1H. The van der Waals surface area contributed by atoms with Crippen molar-refractivity contribution in [2.75, 3.05) is 5.32 Å². The van der Waals surface area contributed by atoms with E-state index in [-0.39, 0.29) is 30.3 Å². The Balaban J connectivity index is 0.00000176. The molecule has 2 atom stereocenters. The fraction of sp³-hybridized carbons (Fsp3) is 0.375. The number of benzene rings is 1. The van der Waals surface area contributed by atoms with Crippen LogP contribution in [0.5, 0.6) is 0 Å². The van der Waals surface area contributed by atoms with Gasteiger partial charge in [-0.2, -0.15) is 0 Å². The highest BCUT2D eigenvalue weighted by molar-refractivity contribution is 7.09. The second-order valence-corrected chi connectivity index (χ2v) is 6.59. The molecular formula is C16H20ClN3OS. The fourth-order valence-corrected chi connectivity index (χ4v) is 3.42. The Bertz CT molecular complexity index is 658. The van der Waals surface area contributed by atoms with Crippen LogP contribution in [0.3, 0.4) is 0 Å². The number of hydrogen-bond donors (Lipinski definition) is 2. The van der Waals surface area contributed by atoms with Crippen LogP contribution in [0, 0.1) is 12.8 Å². The van der Waals surface area contributed by atoms with Gasteiger partial charge in [0.2, 0.25) is 5.91 Å². The summed E-state index contributed by atoms with van der Waals surface area (Å²) >= 11 is 1.62. The van der Waals surface area contributed by atoms with Crippen molar-refractivity contribution in [3.63, 3.8) is 0 Å². The van der Waals surface area contributed by atoms with Gasteiger partial charge in [0.05, 0.1) is 16.6 Å². The summed E-state index contributed by atoms with van der Waals surface area (Å²) in [5.41, 5.74) is 8.77. The predicted octanol–water partition coefficient (Wildman–Crippen LogP) is 3.61. The van der Waals surface area contributed by atoms with Gasteiger partial charge in [-0.05, 0) is 31.9 Å². The first-order valence-corrected chi connectivity index (χ1v) is 8.10. The normalized spacial score (nSPS) is 20.5. The summed E-state index contributed by atoms with van der Waals surface area (Å²) in [4.78, 5) is 16.7. The van der Waals surface area contributed by atoms with E-state index in [1.807, 2.05) is 36.6 Å². The third-order valence-electron chi connectivity index (χ3n) is 3.95. The molecule has 3 N–H and O–H groups in total. The molecule has 6 heteroatoms. The molecule has 1 aliphatic rings. The van der Waals surface area contributed by atoms with Crippen molar-refractivity contribution in [3.8, 4) is 11.3 Å². The second kappa shape index (κ2) is 7.22. The number of carbonyl (C=O) groups is 1. The maximum absolute atomic E-state index is 12.3. The van der Waals surface area contributed by atoms with Crippen LogP contribution in [-0.4, -0.2) is 16.9 Å². The fourth-order valence-electron chi connectivity index (χ4n) is 2.80. The third-order valence-corrected chi connectivity index (χ3v) is 4.72. The van der Waals surface area contributed by atoms with Gasteiger partial charge in [0.15, 0.2) is 0 Å². The number of halogens is 1. The molecule has 0 saturated heterocycles. The average Bonchev–Trinajstić information content (AvgIpc) is 3.08. The van der Waals surface area contributed by atoms with E-state index in [1.165, 1.54) is 0 Å². The topological polar surface area (TPSA) is 68.0 Å².